The van der Waals surface area contributed by atoms with Crippen molar-refractivity contribution in [3.8, 4) is 0 Å². The van der Waals surface area contributed by atoms with Crippen molar-refractivity contribution in [3.63, 3.8) is 0 Å². The molecule has 1 aliphatic carbocycles. The Hall–Kier alpha value is -1.29. The molecular formula is C14H19FN2O. The number of pyridine rings is 1. The Labute approximate surface area is 107 Å². The summed E-state index contributed by atoms with van der Waals surface area (Å²) in [5, 5.41) is 0. The van der Waals surface area contributed by atoms with Crippen LogP contribution in [0.25, 0.3) is 0 Å². The fourth-order valence-corrected chi connectivity index (χ4v) is 2.18. The number of ketones is 1. The van der Waals surface area contributed by atoms with Crippen molar-refractivity contribution < 1.29 is 9.18 Å². The first-order valence-corrected chi connectivity index (χ1v) is 6.51. The van der Waals surface area contributed by atoms with Gasteiger partial charge in [-0.05, 0) is 31.5 Å². The molecule has 1 fully saturated rings. The molecule has 1 atom stereocenters. The van der Waals surface area contributed by atoms with Gasteiger partial charge in [-0.2, -0.15) is 0 Å². The molecule has 1 heterocycles. The number of rotatable bonds is 6. The predicted octanol–water partition coefficient (Wildman–Crippen LogP) is 2.52. The third-order valence-corrected chi connectivity index (χ3v) is 3.41. The van der Waals surface area contributed by atoms with E-state index in [1.54, 1.807) is 0 Å². The minimum Gasteiger partial charge on any atom is -0.300 e. The Morgan fingerprint density at radius 1 is 1.56 bits per heavy atom. The monoisotopic (exact) mass is 250 g/mol. The lowest BCUT2D eigenvalue weighted by atomic mass is 10.0. The molecule has 2 rings (SSSR count). The van der Waals surface area contributed by atoms with Crippen LogP contribution in [0.3, 0.4) is 0 Å². The zero-order valence-corrected chi connectivity index (χ0v) is 10.9. The van der Waals surface area contributed by atoms with Gasteiger partial charge in [0.05, 0.1) is 6.20 Å². The van der Waals surface area contributed by atoms with Crippen LogP contribution in [-0.2, 0) is 0 Å². The van der Waals surface area contributed by atoms with Crippen LogP contribution in [0, 0.1) is 11.7 Å². The van der Waals surface area contributed by atoms with Gasteiger partial charge < -0.3 is 0 Å². The van der Waals surface area contributed by atoms with Gasteiger partial charge in [0.15, 0.2) is 5.78 Å². The van der Waals surface area contributed by atoms with Gasteiger partial charge in [-0.3, -0.25) is 14.7 Å². The molecule has 4 heteroatoms. The van der Waals surface area contributed by atoms with Crippen molar-refractivity contribution in [2.75, 3.05) is 13.1 Å². The highest BCUT2D eigenvalue weighted by Gasteiger charge is 2.30. The average Bonchev–Trinajstić information content (AvgIpc) is 3.20. The highest BCUT2D eigenvalue weighted by molar-refractivity contribution is 5.95. The fourth-order valence-electron chi connectivity index (χ4n) is 2.18. The number of hydrogen-bond acceptors (Lipinski definition) is 3. The predicted molar refractivity (Wildman–Crippen MR) is 68.0 cm³/mol. The molecule has 0 aliphatic heterocycles. The molecule has 0 aromatic carbocycles. The van der Waals surface area contributed by atoms with Crippen LogP contribution in [0.1, 0.15) is 37.2 Å². The average molecular weight is 250 g/mol. The van der Waals surface area contributed by atoms with E-state index in [1.807, 2.05) is 6.92 Å². The number of carbonyl (C=O) groups excluding carboxylic acids is 1. The summed E-state index contributed by atoms with van der Waals surface area (Å²) in [5.74, 6) is -0.509. The first kappa shape index (κ1) is 13.1. The van der Waals surface area contributed by atoms with Gasteiger partial charge in [0.1, 0.15) is 11.5 Å². The number of nitrogens with zero attached hydrogens (tertiary/aromatic N) is 2. The summed E-state index contributed by atoms with van der Waals surface area (Å²) >= 11 is 0. The maximum Gasteiger partial charge on any atom is 0.185 e. The van der Waals surface area contributed by atoms with E-state index in [2.05, 4.69) is 16.8 Å². The van der Waals surface area contributed by atoms with Gasteiger partial charge >= 0.3 is 0 Å². The van der Waals surface area contributed by atoms with Gasteiger partial charge in [0.25, 0.3) is 0 Å². The van der Waals surface area contributed by atoms with Crippen molar-refractivity contribution in [1.29, 1.82) is 0 Å². The Bertz CT molecular complexity index is 414. The van der Waals surface area contributed by atoms with Gasteiger partial charge in [0, 0.05) is 18.5 Å². The maximum atomic E-state index is 12.7. The van der Waals surface area contributed by atoms with Crippen molar-refractivity contribution in [1.82, 2.24) is 9.88 Å². The molecular weight excluding hydrogens is 231 g/mol. The third kappa shape index (κ3) is 3.13. The van der Waals surface area contributed by atoms with E-state index >= 15 is 0 Å². The number of hydrogen-bond donors (Lipinski definition) is 0. The molecule has 0 radical (unpaired) electrons. The quantitative estimate of drug-likeness (QED) is 0.727. The number of carbonyl (C=O) groups is 1. The first-order valence-electron chi connectivity index (χ1n) is 6.51. The van der Waals surface area contributed by atoms with Crippen molar-refractivity contribution in [2.45, 2.75) is 32.7 Å². The van der Waals surface area contributed by atoms with Crippen LogP contribution < -0.4 is 0 Å². The maximum absolute atomic E-state index is 12.7. The van der Waals surface area contributed by atoms with Crippen LogP contribution in [0.2, 0.25) is 0 Å². The number of halogens is 1. The normalized spacial score (nSPS) is 16.9. The molecule has 0 amide bonds. The standard InChI is InChI=1S/C14H19FN2O/c1-3-17(12-5-6-12)9-10(2)14(18)13-7-4-11(15)8-16-13/h4,7-8,10,12H,3,5-6,9H2,1-2H3. The molecule has 0 bridgehead atoms. The summed E-state index contributed by atoms with van der Waals surface area (Å²) < 4.78 is 12.7. The first-order chi connectivity index (χ1) is 8.61. The zero-order valence-electron chi connectivity index (χ0n) is 10.9. The molecule has 98 valence electrons. The second-order valence-corrected chi connectivity index (χ2v) is 4.95. The molecule has 1 aromatic rings. The zero-order chi connectivity index (χ0) is 13.1. The van der Waals surface area contributed by atoms with Gasteiger partial charge in [-0.15, -0.1) is 0 Å². The minimum atomic E-state index is -0.410. The van der Waals surface area contributed by atoms with Crippen LogP contribution >= 0.6 is 0 Å². The fraction of sp³-hybridized carbons (Fsp3) is 0.571. The Morgan fingerprint density at radius 3 is 2.78 bits per heavy atom. The molecule has 0 saturated heterocycles. The lowest BCUT2D eigenvalue weighted by Crippen LogP contribution is -2.33. The van der Waals surface area contributed by atoms with E-state index < -0.39 is 5.82 Å². The molecule has 18 heavy (non-hydrogen) atoms. The largest absolute Gasteiger partial charge is 0.300 e. The Balaban J connectivity index is 1.97. The van der Waals surface area contributed by atoms with Gasteiger partial charge in [0.2, 0.25) is 0 Å². The molecule has 3 nitrogen and oxygen atoms in total. The molecule has 0 N–H and O–H groups in total. The highest BCUT2D eigenvalue weighted by atomic mass is 19.1. The number of aromatic nitrogens is 1. The lowest BCUT2D eigenvalue weighted by molar-refractivity contribution is 0.0887. The second-order valence-electron chi connectivity index (χ2n) is 4.95. The SMILES string of the molecule is CCN(CC(C)C(=O)c1ccc(F)cn1)C1CC1. The van der Waals surface area contributed by atoms with Crippen molar-refractivity contribution in [3.05, 3.63) is 29.8 Å². The highest BCUT2D eigenvalue weighted by Crippen LogP contribution is 2.27. The lowest BCUT2D eigenvalue weighted by Gasteiger charge is -2.23. The van der Waals surface area contributed by atoms with Crippen LogP contribution in [0.4, 0.5) is 4.39 Å². The van der Waals surface area contributed by atoms with E-state index in [-0.39, 0.29) is 11.7 Å². The van der Waals surface area contributed by atoms with E-state index in [9.17, 15) is 9.18 Å². The number of Topliss-reactive ketones (excluding diaryl/α,β-unsaturated/α-hetero) is 1. The minimum absolute atomic E-state index is 0.00546. The summed E-state index contributed by atoms with van der Waals surface area (Å²) in [4.78, 5) is 18.3. The van der Waals surface area contributed by atoms with Crippen molar-refractivity contribution in [2.24, 2.45) is 5.92 Å². The molecule has 1 aliphatic rings. The summed E-state index contributed by atoms with van der Waals surface area (Å²) in [5.41, 5.74) is 0.357. The van der Waals surface area contributed by atoms with E-state index in [4.69, 9.17) is 0 Å². The topological polar surface area (TPSA) is 33.2 Å². The summed E-state index contributed by atoms with van der Waals surface area (Å²) in [6.07, 6.45) is 3.57. The summed E-state index contributed by atoms with van der Waals surface area (Å²) in [6, 6.07) is 3.40. The third-order valence-electron chi connectivity index (χ3n) is 3.41. The molecule has 1 saturated carbocycles. The molecule has 1 aromatic heterocycles. The second kappa shape index (κ2) is 5.57. The molecule has 0 spiro atoms. The van der Waals surface area contributed by atoms with Crippen LogP contribution in [0.5, 0.6) is 0 Å². The smallest absolute Gasteiger partial charge is 0.185 e. The van der Waals surface area contributed by atoms with Crippen LogP contribution in [-0.4, -0.2) is 34.8 Å². The van der Waals surface area contributed by atoms with E-state index in [0.29, 0.717) is 11.7 Å². The summed E-state index contributed by atoms with van der Waals surface area (Å²) in [7, 11) is 0. The van der Waals surface area contributed by atoms with E-state index in [1.165, 1.54) is 25.0 Å². The van der Waals surface area contributed by atoms with Crippen LogP contribution in [0.15, 0.2) is 18.3 Å². The van der Waals surface area contributed by atoms with E-state index in [0.717, 1.165) is 19.3 Å². The molecule has 1 unspecified atom stereocenters. The Morgan fingerprint density at radius 2 is 2.28 bits per heavy atom. The Kier molecular flexibility index (Phi) is 4.07. The van der Waals surface area contributed by atoms with Gasteiger partial charge in [-0.25, -0.2) is 4.39 Å². The van der Waals surface area contributed by atoms with Gasteiger partial charge in [-0.1, -0.05) is 13.8 Å². The van der Waals surface area contributed by atoms with Crippen molar-refractivity contribution >= 4 is 5.78 Å². The summed E-state index contributed by atoms with van der Waals surface area (Å²) in [6.45, 7) is 5.77.